The summed E-state index contributed by atoms with van der Waals surface area (Å²) >= 11 is 0. The minimum atomic E-state index is -2.07. The maximum absolute atomic E-state index is 13.6. The van der Waals surface area contributed by atoms with Gasteiger partial charge in [-0.3, -0.25) is 9.59 Å². The molecule has 0 spiro atoms. The van der Waals surface area contributed by atoms with Crippen LogP contribution >= 0.6 is 0 Å². The molecule has 10 heteroatoms. The number of aliphatic hydroxyl groups excluding tert-OH is 1. The van der Waals surface area contributed by atoms with Gasteiger partial charge in [-0.1, -0.05) is 93.5 Å². The Bertz CT molecular complexity index is 1110. The number of rotatable bonds is 20. The van der Waals surface area contributed by atoms with Crippen molar-refractivity contribution in [2.45, 2.75) is 188 Å². The molecular weight excluding hydrogens is 677 g/mol. The zero-order chi connectivity index (χ0) is 39.0. The lowest BCUT2D eigenvalue weighted by atomic mass is 9.89. The molecule has 0 aromatic heterocycles. The average molecular weight is 753 g/mol. The summed E-state index contributed by atoms with van der Waals surface area (Å²) < 4.78 is 25.6. The fraction of sp³-hybridized carbons (Fsp3) is 0.805. The van der Waals surface area contributed by atoms with E-state index in [2.05, 4.69) is 68.4 Å². The lowest BCUT2D eigenvalue weighted by molar-refractivity contribution is -0.151. The number of ether oxygens (including phenoxy) is 2. The Balaban J connectivity index is 3.45. The van der Waals surface area contributed by atoms with Gasteiger partial charge in [0.05, 0.1) is 30.8 Å². The van der Waals surface area contributed by atoms with Gasteiger partial charge in [0.15, 0.2) is 22.4 Å². The quantitative estimate of drug-likeness (QED) is 0.0720. The minimum Gasteiger partial charge on any atom is -0.457 e. The molecule has 9 atom stereocenters. The number of methoxy groups -OCH3 is 1. The molecule has 1 rings (SSSR count). The summed E-state index contributed by atoms with van der Waals surface area (Å²) in [5.74, 6) is -0.929. The van der Waals surface area contributed by atoms with Gasteiger partial charge >= 0.3 is 5.97 Å². The molecule has 0 saturated heterocycles. The number of esters is 1. The maximum atomic E-state index is 13.6. The maximum Gasteiger partial charge on any atom is 0.308 e. The Kier molecular flexibility index (Phi) is 21.2. The number of carbonyl (C=O) groups excluding carboxylic acids is 2. The van der Waals surface area contributed by atoms with E-state index in [1.807, 2.05) is 26.0 Å². The van der Waals surface area contributed by atoms with Crippen LogP contribution in [-0.4, -0.2) is 81.8 Å². The Labute approximate surface area is 314 Å². The molecule has 0 bridgehead atoms. The van der Waals surface area contributed by atoms with Crippen molar-refractivity contribution in [1.82, 2.24) is 0 Å². The molecule has 0 saturated carbocycles. The fourth-order valence-corrected chi connectivity index (χ4v) is 13.4. The normalized spacial score (nSPS) is 26.9. The van der Waals surface area contributed by atoms with Crippen LogP contribution < -0.4 is 0 Å². The number of hydrogen-bond acceptors (Lipinski definition) is 8. The Hall–Kier alpha value is -1.41. The third-order valence-corrected chi connectivity index (χ3v) is 21.2. The van der Waals surface area contributed by atoms with E-state index in [9.17, 15) is 19.8 Å². The molecule has 1 heterocycles. The predicted molar refractivity (Wildman–Crippen MR) is 215 cm³/mol. The van der Waals surface area contributed by atoms with Crippen molar-refractivity contribution in [3.8, 4) is 0 Å². The smallest absolute Gasteiger partial charge is 0.308 e. The molecule has 0 aromatic carbocycles. The number of allylic oxidation sites excluding steroid dienone is 2. The number of cyclic esters (lactones) is 1. The van der Waals surface area contributed by atoms with Gasteiger partial charge in [-0.2, -0.15) is 0 Å². The first-order valence-corrected chi connectivity index (χ1v) is 25.1. The number of carbonyl (C=O) groups is 2. The molecule has 0 radical (unpaired) electrons. The van der Waals surface area contributed by atoms with Crippen molar-refractivity contribution in [2.24, 2.45) is 17.8 Å². The molecular formula is C41H76O8Si2. The lowest BCUT2D eigenvalue weighted by Gasteiger charge is -2.38. The number of hydrogen-bond donors (Lipinski definition) is 2. The molecule has 1 aliphatic rings. The molecule has 0 fully saturated rings. The summed E-state index contributed by atoms with van der Waals surface area (Å²) in [4.78, 5) is 26.7. The summed E-state index contributed by atoms with van der Waals surface area (Å²) in [7, 11) is -2.37. The number of aliphatic hydroxyl groups is 2. The Morgan fingerprint density at radius 1 is 1.02 bits per heavy atom. The molecule has 2 N–H and O–H groups in total. The van der Waals surface area contributed by atoms with Crippen LogP contribution in [0.25, 0.3) is 0 Å². The summed E-state index contributed by atoms with van der Waals surface area (Å²) in [6, 6.07) is 5.77. The second-order valence-electron chi connectivity index (χ2n) is 15.4. The van der Waals surface area contributed by atoms with Crippen molar-refractivity contribution < 1.29 is 38.1 Å². The fourth-order valence-electron chi connectivity index (χ4n) is 7.51. The van der Waals surface area contributed by atoms with Gasteiger partial charge in [-0.25, -0.2) is 0 Å². The van der Waals surface area contributed by atoms with E-state index >= 15 is 0 Å². The monoisotopic (exact) mass is 753 g/mol. The Morgan fingerprint density at radius 3 is 2.10 bits per heavy atom. The highest BCUT2D eigenvalue weighted by atomic mass is 28.4. The summed E-state index contributed by atoms with van der Waals surface area (Å²) in [6.45, 7) is 24.8. The van der Waals surface area contributed by atoms with Gasteiger partial charge < -0.3 is 28.5 Å². The van der Waals surface area contributed by atoms with Crippen LogP contribution in [0.5, 0.6) is 0 Å². The average Bonchev–Trinajstić information content (AvgIpc) is 3.11. The topological polar surface area (TPSA) is 112 Å². The van der Waals surface area contributed by atoms with Gasteiger partial charge in [0.2, 0.25) is 0 Å². The van der Waals surface area contributed by atoms with Crippen molar-refractivity contribution in [3.63, 3.8) is 0 Å². The van der Waals surface area contributed by atoms with E-state index < -0.39 is 40.5 Å². The van der Waals surface area contributed by atoms with Crippen LogP contribution in [0.2, 0.25) is 36.3 Å². The predicted octanol–water partition coefficient (Wildman–Crippen LogP) is 9.33. The molecule has 296 valence electrons. The number of ketones is 1. The second-order valence-corrected chi connectivity index (χ2v) is 24.9. The summed E-state index contributed by atoms with van der Waals surface area (Å²) in [5.41, 5.74) is -0.723. The second kappa shape index (κ2) is 22.7. The standard InChI is InChI=1S/C41H76O8Si2/c1-14-36(46-13)33(11)28-35(42)40(49-51(18-5,19-6)20-7)31(9)23-21-22-30(8)39-32(10)24-25-37(43)41(12,45)27-26-34(29-38(44)47-39)48-50(15-2,16-3)17-4/h21-25,31-36,39-40,42,45H,14-20,26-29H2,1-13H3/b23-21+,25-24+,30-22+/t31?,32?,33?,34?,35?,36?,39?,40?,41-/m1/s1. The molecule has 0 aromatic rings. The minimum absolute atomic E-state index is 0.0708. The first-order valence-electron chi connectivity index (χ1n) is 20.0. The zero-order valence-corrected chi connectivity index (χ0v) is 36.6. The first-order chi connectivity index (χ1) is 24.0. The van der Waals surface area contributed by atoms with Gasteiger partial charge in [0, 0.05) is 18.9 Å². The van der Waals surface area contributed by atoms with E-state index in [0.29, 0.717) is 12.8 Å². The highest BCUT2D eigenvalue weighted by molar-refractivity contribution is 6.74. The lowest BCUT2D eigenvalue weighted by Crippen LogP contribution is -2.47. The van der Waals surface area contributed by atoms with E-state index in [-0.39, 0.29) is 54.6 Å². The van der Waals surface area contributed by atoms with Gasteiger partial charge in [-0.15, -0.1) is 0 Å². The van der Waals surface area contributed by atoms with E-state index in [1.165, 1.54) is 6.08 Å². The van der Waals surface area contributed by atoms with Crippen molar-refractivity contribution in [2.75, 3.05) is 7.11 Å². The van der Waals surface area contributed by atoms with E-state index in [4.69, 9.17) is 18.3 Å². The third kappa shape index (κ3) is 14.4. The molecule has 8 nitrogen and oxygen atoms in total. The van der Waals surface area contributed by atoms with Crippen LogP contribution in [-0.2, 0) is 27.9 Å². The van der Waals surface area contributed by atoms with Crippen molar-refractivity contribution in [1.29, 1.82) is 0 Å². The highest BCUT2D eigenvalue weighted by Crippen LogP contribution is 2.32. The summed E-state index contributed by atoms with van der Waals surface area (Å²) in [6.07, 6.45) is 9.30. The van der Waals surface area contributed by atoms with E-state index in [0.717, 1.165) is 48.3 Å². The Morgan fingerprint density at radius 2 is 1.59 bits per heavy atom. The SMILES string of the molecule is CCC(OC)C(C)CC(O)C(O[Si](CC)(CC)CC)C(C)/C=C/C=C(\C)C1OC(=O)CC(O[Si](CC)(CC)CC)CC[C@@](C)(O)C(=O)/C=C/C1C. The van der Waals surface area contributed by atoms with Crippen LogP contribution in [0.3, 0.4) is 0 Å². The molecule has 0 amide bonds. The van der Waals surface area contributed by atoms with Crippen molar-refractivity contribution in [3.05, 3.63) is 36.0 Å². The zero-order valence-electron chi connectivity index (χ0n) is 34.6. The first kappa shape index (κ1) is 47.6. The third-order valence-electron chi connectivity index (χ3n) is 11.9. The van der Waals surface area contributed by atoms with E-state index in [1.54, 1.807) is 20.1 Å². The van der Waals surface area contributed by atoms with Crippen LogP contribution in [0, 0.1) is 17.8 Å². The molecule has 51 heavy (non-hydrogen) atoms. The van der Waals surface area contributed by atoms with Crippen LogP contribution in [0.4, 0.5) is 0 Å². The van der Waals surface area contributed by atoms with Crippen molar-refractivity contribution >= 4 is 28.4 Å². The van der Waals surface area contributed by atoms with Crippen LogP contribution in [0.1, 0.15) is 115 Å². The summed E-state index contributed by atoms with van der Waals surface area (Å²) in [5, 5.41) is 22.7. The largest absolute Gasteiger partial charge is 0.457 e. The highest BCUT2D eigenvalue weighted by Gasteiger charge is 2.39. The molecule has 1 aliphatic heterocycles. The van der Waals surface area contributed by atoms with Gasteiger partial charge in [-0.05, 0) is 93.4 Å². The van der Waals surface area contributed by atoms with Gasteiger partial charge in [0.1, 0.15) is 11.7 Å². The van der Waals surface area contributed by atoms with Gasteiger partial charge in [0.25, 0.3) is 0 Å². The molecule has 8 unspecified atom stereocenters. The molecule has 0 aliphatic carbocycles. The van der Waals surface area contributed by atoms with Crippen LogP contribution in [0.15, 0.2) is 36.0 Å².